The number of ketones is 2. The zero-order valence-corrected chi connectivity index (χ0v) is 8.02. The van der Waals surface area contributed by atoms with Crippen LogP contribution in [0.15, 0.2) is 0 Å². The molecule has 0 spiro atoms. The Morgan fingerprint density at radius 3 is 2.33 bits per heavy atom. The minimum atomic E-state index is -0.290. The van der Waals surface area contributed by atoms with Crippen molar-refractivity contribution in [1.29, 1.82) is 0 Å². The van der Waals surface area contributed by atoms with Crippen LogP contribution in [0.1, 0.15) is 40.0 Å². The summed E-state index contributed by atoms with van der Waals surface area (Å²) in [6.45, 7) is 5.63. The highest BCUT2D eigenvalue weighted by molar-refractivity contribution is 5.97. The molecule has 1 fully saturated rings. The maximum Gasteiger partial charge on any atom is 0.139 e. The second kappa shape index (κ2) is 3.00. The Hall–Kier alpha value is -0.660. The van der Waals surface area contributed by atoms with E-state index in [-0.39, 0.29) is 22.9 Å². The highest BCUT2D eigenvalue weighted by atomic mass is 16.1. The van der Waals surface area contributed by atoms with Gasteiger partial charge in [-0.1, -0.05) is 20.8 Å². The Morgan fingerprint density at radius 2 is 1.92 bits per heavy atom. The van der Waals surface area contributed by atoms with Crippen LogP contribution >= 0.6 is 0 Å². The summed E-state index contributed by atoms with van der Waals surface area (Å²) >= 11 is 0. The van der Waals surface area contributed by atoms with Crippen LogP contribution in [0, 0.1) is 11.3 Å². The van der Waals surface area contributed by atoms with Crippen molar-refractivity contribution < 1.29 is 9.59 Å². The van der Waals surface area contributed by atoms with Crippen LogP contribution in [0.2, 0.25) is 0 Å². The van der Waals surface area contributed by atoms with Gasteiger partial charge in [-0.3, -0.25) is 9.59 Å². The van der Waals surface area contributed by atoms with E-state index in [2.05, 4.69) is 0 Å². The summed E-state index contributed by atoms with van der Waals surface area (Å²) in [5, 5.41) is 0. The Labute approximate surface area is 73.3 Å². The van der Waals surface area contributed by atoms with Gasteiger partial charge in [-0.05, 0) is 6.42 Å². The smallest absolute Gasteiger partial charge is 0.139 e. The Morgan fingerprint density at radius 1 is 1.33 bits per heavy atom. The SMILES string of the molecule is CCC(=O)[C@@H]1C[C@@]1(C)C(=O)CC. The number of carbonyl (C=O) groups is 2. The summed E-state index contributed by atoms with van der Waals surface area (Å²) in [5.74, 6) is 0.531. The molecule has 12 heavy (non-hydrogen) atoms. The van der Waals surface area contributed by atoms with E-state index in [1.807, 2.05) is 20.8 Å². The molecule has 0 aromatic carbocycles. The van der Waals surface area contributed by atoms with E-state index in [0.29, 0.717) is 12.8 Å². The molecule has 0 heterocycles. The fraction of sp³-hybridized carbons (Fsp3) is 0.800. The molecule has 2 nitrogen and oxygen atoms in total. The highest BCUT2D eigenvalue weighted by Gasteiger charge is 2.57. The third kappa shape index (κ3) is 1.30. The lowest BCUT2D eigenvalue weighted by Gasteiger charge is -2.06. The zero-order valence-electron chi connectivity index (χ0n) is 8.02. The third-order valence-corrected chi connectivity index (χ3v) is 2.93. The lowest BCUT2D eigenvalue weighted by molar-refractivity contribution is -0.127. The van der Waals surface area contributed by atoms with E-state index in [1.165, 1.54) is 0 Å². The van der Waals surface area contributed by atoms with Gasteiger partial charge >= 0.3 is 0 Å². The molecule has 2 heteroatoms. The first-order valence-corrected chi connectivity index (χ1v) is 4.62. The second-order valence-electron chi connectivity index (χ2n) is 3.77. The van der Waals surface area contributed by atoms with Gasteiger partial charge < -0.3 is 0 Å². The molecule has 68 valence electrons. The van der Waals surface area contributed by atoms with Crippen molar-refractivity contribution in [3.8, 4) is 0 Å². The molecule has 1 rings (SSSR count). The van der Waals surface area contributed by atoms with Crippen LogP contribution < -0.4 is 0 Å². The van der Waals surface area contributed by atoms with Gasteiger partial charge in [-0.25, -0.2) is 0 Å². The summed E-state index contributed by atoms with van der Waals surface area (Å²) in [4.78, 5) is 22.6. The van der Waals surface area contributed by atoms with Gasteiger partial charge in [-0.15, -0.1) is 0 Å². The molecule has 0 radical (unpaired) electrons. The lowest BCUT2D eigenvalue weighted by Crippen LogP contribution is -2.16. The van der Waals surface area contributed by atoms with Crippen LogP contribution in [0.3, 0.4) is 0 Å². The van der Waals surface area contributed by atoms with Crippen molar-refractivity contribution in [1.82, 2.24) is 0 Å². The average molecular weight is 168 g/mol. The van der Waals surface area contributed by atoms with E-state index in [1.54, 1.807) is 0 Å². The van der Waals surface area contributed by atoms with Gasteiger partial charge in [-0.2, -0.15) is 0 Å². The van der Waals surface area contributed by atoms with E-state index in [4.69, 9.17) is 0 Å². The molecule has 0 saturated heterocycles. The fourth-order valence-electron chi connectivity index (χ4n) is 1.79. The van der Waals surface area contributed by atoms with Crippen molar-refractivity contribution in [2.24, 2.45) is 11.3 Å². The normalized spacial score (nSPS) is 33.1. The first-order valence-electron chi connectivity index (χ1n) is 4.62. The molecule has 0 aliphatic heterocycles. The molecule has 1 aliphatic carbocycles. The molecular weight excluding hydrogens is 152 g/mol. The number of hydrogen-bond donors (Lipinski definition) is 0. The molecule has 1 aliphatic rings. The topological polar surface area (TPSA) is 34.1 Å². The second-order valence-corrected chi connectivity index (χ2v) is 3.77. The molecule has 0 aromatic rings. The summed E-state index contributed by atoms with van der Waals surface area (Å²) in [5.41, 5.74) is -0.290. The molecule has 0 unspecified atom stereocenters. The molecular formula is C10H16O2. The third-order valence-electron chi connectivity index (χ3n) is 2.93. The number of Topliss-reactive ketones (excluding diaryl/α,β-unsaturated/α-hetero) is 2. The van der Waals surface area contributed by atoms with Gasteiger partial charge in [0.15, 0.2) is 0 Å². The first-order chi connectivity index (χ1) is 5.56. The van der Waals surface area contributed by atoms with Crippen LogP contribution in [0.4, 0.5) is 0 Å². The van der Waals surface area contributed by atoms with Crippen LogP contribution in [0.25, 0.3) is 0 Å². The van der Waals surface area contributed by atoms with E-state index in [0.717, 1.165) is 6.42 Å². The maximum absolute atomic E-state index is 11.4. The van der Waals surface area contributed by atoms with Gasteiger partial charge in [0.2, 0.25) is 0 Å². The van der Waals surface area contributed by atoms with E-state index in [9.17, 15) is 9.59 Å². The van der Waals surface area contributed by atoms with Gasteiger partial charge in [0.1, 0.15) is 11.6 Å². The predicted molar refractivity (Wildman–Crippen MR) is 46.8 cm³/mol. The number of rotatable bonds is 4. The van der Waals surface area contributed by atoms with Gasteiger partial charge in [0.05, 0.1) is 0 Å². The first kappa shape index (κ1) is 9.43. The quantitative estimate of drug-likeness (QED) is 0.643. The van der Waals surface area contributed by atoms with Crippen molar-refractivity contribution in [3.63, 3.8) is 0 Å². The molecule has 0 aromatic heterocycles. The zero-order chi connectivity index (χ0) is 9.35. The van der Waals surface area contributed by atoms with Crippen molar-refractivity contribution in [2.75, 3.05) is 0 Å². The average Bonchev–Trinajstić information content (AvgIpc) is 2.76. The number of carbonyl (C=O) groups excluding carboxylic acids is 2. The van der Waals surface area contributed by atoms with Crippen LogP contribution in [0.5, 0.6) is 0 Å². The Bertz CT molecular complexity index is 220. The predicted octanol–water partition coefficient (Wildman–Crippen LogP) is 1.97. The summed E-state index contributed by atoms with van der Waals surface area (Å²) in [7, 11) is 0. The molecule has 0 N–H and O–H groups in total. The summed E-state index contributed by atoms with van der Waals surface area (Å²) < 4.78 is 0. The Balaban J connectivity index is 2.59. The highest BCUT2D eigenvalue weighted by Crippen LogP contribution is 2.54. The lowest BCUT2D eigenvalue weighted by atomic mass is 9.96. The summed E-state index contributed by atoms with van der Waals surface area (Å²) in [6.07, 6.45) is 1.91. The largest absolute Gasteiger partial charge is 0.299 e. The van der Waals surface area contributed by atoms with Crippen LogP contribution in [-0.2, 0) is 9.59 Å². The fourth-order valence-corrected chi connectivity index (χ4v) is 1.79. The number of hydrogen-bond acceptors (Lipinski definition) is 2. The molecule has 0 amide bonds. The molecule has 0 bridgehead atoms. The minimum Gasteiger partial charge on any atom is -0.299 e. The van der Waals surface area contributed by atoms with E-state index < -0.39 is 0 Å². The Kier molecular flexibility index (Phi) is 2.36. The van der Waals surface area contributed by atoms with Crippen molar-refractivity contribution >= 4 is 11.6 Å². The molecule has 2 atom stereocenters. The van der Waals surface area contributed by atoms with Crippen molar-refractivity contribution in [3.05, 3.63) is 0 Å². The standard InChI is InChI=1S/C10H16O2/c1-4-8(11)7-6-10(7,3)9(12)5-2/h7H,4-6H2,1-3H3/t7-,10+/m0/s1. The minimum absolute atomic E-state index is 0.0370. The van der Waals surface area contributed by atoms with E-state index >= 15 is 0 Å². The van der Waals surface area contributed by atoms with Crippen molar-refractivity contribution in [2.45, 2.75) is 40.0 Å². The monoisotopic (exact) mass is 168 g/mol. The van der Waals surface area contributed by atoms with Crippen LogP contribution in [-0.4, -0.2) is 11.6 Å². The van der Waals surface area contributed by atoms with Gasteiger partial charge in [0, 0.05) is 24.2 Å². The maximum atomic E-state index is 11.4. The van der Waals surface area contributed by atoms with Gasteiger partial charge in [0.25, 0.3) is 0 Å². The summed E-state index contributed by atoms with van der Waals surface area (Å²) in [6, 6.07) is 0. The molecule has 1 saturated carbocycles.